The largest absolute Gasteiger partial charge is 0.414 e. The summed E-state index contributed by atoms with van der Waals surface area (Å²) in [5, 5.41) is 4.10. The van der Waals surface area contributed by atoms with E-state index in [0.29, 0.717) is 12.1 Å². The number of aryl methyl sites for hydroxylation is 2. The van der Waals surface area contributed by atoms with E-state index < -0.39 is 17.7 Å². The summed E-state index contributed by atoms with van der Waals surface area (Å²) < 4.78 is 10.9. The first kappa shape index (κ1) is 30.3. The molecule has 0 bridgehead atoms. The lowest BCUT2D eigenvalue weighted by Crippen LogP contribution is -2.37. The normalized spacial score (nSPS) is 15.7. The van der Waals surface area contributed by atoms with Gasteiger partial charge in [-0.25, -0.2) is 9.59 Å². The second kappa shape index (κ2) is 14.3. The molecule has 0 fully saturated rings. The van der Waals surface area contributed by atoms with Gasteiger partial charge in [-0.3, -0.25) is 4.79 Å². The van der Waals surface area contributed by atoms with Crippen molar-refractivity contribution in [3.8, 4) is 0 Å². The van der Waals surface area contributed by atoms with Crippen LogP contribution in [0.2, 0.25) is 5.02 Å². The van der Waals surface area contributed by atoms with Crippen molar-refractivity contribution in [2.45, 2.75) is 44.3 Å². The zero-order valence-electron chi connectivity index (χ0n) is 24.0. The lowest BCUT2D eigenvalue weighted by Gasteiger charge is -2.30. The summed E-state index contributed by atoms with van der Waals surface area (Å²) in [6, 6.07) is 23.4. The van der Waals surface area contributed by atoms with Crippen molar-refractivity contribution in [3.63, 3.8) is 0 Å². The Hall–Kier alpha value is -4.20. The van der Waals surface area contributed by atoms with Gasteiger partial charge >= 0.3 is 11.9 Å². The predicted molar refractivity (Wildman–Crippen MR) is 167 cm³/mol. The summed E-state index contributed by atoms with van der Waals surface area (Å²) in [6.07, 6.45) is 9.93. The van der Waals surface area contributed by atoms with Gasteiger partial charge in [-0.15, -0.1) is 0 Å². The van der Waals surface area contributed by atoms with Crippen molar-refractivity contribution in [2.75, 3.05) is 24.5 Å². The lowest BCUT2D eigenvalue weighted by atomic mass is 9.99. The van der Waals surface area contributed by atoms with E-state index in [4.69, 9.17) is 21.1 Å². The Kier molecular flexibility index (Phi) is 10.1. The van der Waals surface area contributed by atoms with Crippen LogP contribution in [0.3, 0.4) is 0 Å². The summed E-state index contributed by atoms with van der Waals surface area (Å²) in [5.74, 6) is -3.64. The minimum Gasteiger partial charge on any atom is -0.414 e. The molecule has 43 heavy (non-hydrogen) atoms. The highest BCUT2D eigenvalue weighted by atomic mass is 35.5. The topological polar surface area (TPSA) is 84.9 Å². The number of hydrogen-bond donors (Lipinski definition) is 1. The van der Waals surface area contributed by atoms with Crippen LogP contribution in [0, 0.1) is 0 Å². The second-order valence-corrected chi connectivity index (χ2v) is 11.1. The molecule has 0 radical (unpaired) electrons. The van der Waals surface area contributed by atoms with Crippen molar-refractivity contribution in [2.24, 2.45) is 0 Å². The molecule has 3 aromatic carbocycles. The van der Waals surface area contributed by atoms with E-state index in [-0.39, 0.29) is 12.2 Å². The van der Waals surface area contributed by atoms with Gasteiger partial charge in [0, 0.05) is 47.2 Å². The van der Waals surface area contributed by atoms with E-state index in [1.807, 2.05) is 6.07 Å². The Morgan fingerprint density at radius 1 is 0.860 bits per heavy atom. The number of carbonyl (C=O) groups is 3. The molecular weight excluding hydrogens is 564 g/mol. The van der Waals surface area contributed by atoms with E-state index in [1.165, 1.54) is 28.6 Å². The van der Waals surface area contributed by atoms with Gasteiger partial charge in [0.1, 0.15) is 0 Å². The van der Waals surface area contributed by atoms with Crippen LogP contribution in [0.5, 0.6) is 0 Å². The highest BCUT2D eigenvalue weighted by Crippen LogP contribution is 2.38. The smallest absolute Gasteiger partial charge is 0.334 e. The molecule has 2 aliphatic rings. The summed E-state index contributed by atoms with van der Waals surface area (Å²) in [7, 11) is 0. The number of ketones is 1. The number of allylic oxidation sites excluding steroid dienone is 1. The molecule has 0 atom stereocenters. The van der Waals surface area contributed by atoms with Crippen molar-refractivity contribution < 1.29 is 23.9 Å². The number of para-hydroxylation sites is 1. The summed E-state index contributed by atoms with van der Waals surface area (Å²) >= 11 is 6.38. The van der Waals surface area contributed by atoms with Crippen LogP contribution < -0.4 is 10.2 Å². The first-order chi connectivity index (χ1) is 20.9. The van der Waals surface area contributed by atoms with Gasteiger partial charge in [0.15, 0.2) is 5.78 Å². The third-order valence-corrected chi connectivity index (χ3v) is 7.83. The van der Waals surface area contributed by atoms with E-state index in [2.05, 4.69) is 46.6 Å². The third kappa shape index (κ3) is 7.80. The van der Waals surface area contributed by atoms with Crippen LogP contribution >= 0.6 is 11.6 Å². The molecule has 0 aromatic heterocycles. The number of esters is 2. The fourth-order valence-corrected chi connectivity index (χ4v) is 5.69. The van der Waals surface area contributed by atoms with Gasteiger partial charge in [0.2, 0.25) is 0 Å². The third-order valence-electron chi connectivity index (χ3n) is 7.59. The molecule has 0 unspecified atom stereocenters. The molecule has 2 heterocycles. The van der Waals surface area contributed by atoms with Crippen LogP contribution in [0.15, 0.2) is 97.1 Å². The molecule has 0 aliphatic carbocycles. The Morgan fingerprint density at radius 2 is 1.56 bits per heavy atom. The van der Waals surface area contributed by atoms with Gasteiger partial charge in [-0.2, -0.15) is 0 Å². The quantitative estimate of drug-likeness (QED) is 0.147. The minimum atomic E-state index is -1.81. The van der Waals surface area contributed by atoms with Crippen molar-refractivity contribution in [3.05, 3.63) is 119 Å². The molecule has 2 aliphatic heterocycles. The Bertz CT molecular complexity index is 1500. The molecule has 3 aromatic rings. The number of hydrogen-bond acceptors (Lipinski definition) is 7. The number of cyclic esters (lactones) is 2. The first-order valence-corrected chi connectivity index (χ1v) is 15.0. The maximum atomic E-state index is 12.8. The molecule has 0 spiro atoms. The van der Waals surface area contributed by atoms with Gasteiger partial charge in [0.05, 0.1) is 6.42 Å². The lowest BCUT2D eigenvalue weighted by molar-refractivity contribution is -0.226. The molecule has 5 rings (SSSR count). The molecule has 8 heteroatoms. The van der Waals surface area contributed by atoms with Gasteiger partial charge in [-0.05, 0) is 67.6 Å². The van der Waals surface area contributed by atoms with Crippen molar-refractivity contribution in [1.82, 2.24) is 5.32 Å². The molecule has 0 amide bonds. The van der Waals surface area contributed by atoms with Crippen LogP contribution in [0.1, 0.15) is 42.4 Å². The van der Waals surface area contributed by atoms with E-state index in [0.717, 1.165) is 62.4 Å². The van der Waals surface area contributed by atoms with E-state index in [9.17, 15) is 14.4 Å². The van der Waals surface area contributed by atoms with Crippen LogP contribution in [0.4, 0.5) is 11.4 Å². The zero-order chi connectivity index (χ0) is 30.1. The number of halogens is 1. The van der Waals surface area contributed by atoms with Crippen molar-refractivity contribution >= 4 is 40.7 Å². The monoisotopic (exact) mass is 598 g/mol. The summed E-state index contributed by atoms with van der Waals surface area (Å²) in [4.78, 5) is 39.5. The summed E-state index contributed by atoms with van der Waals surface area (Å²) in [5.41, 5.74) is 5.56. The number of nitrogens with zero attached hydrogens (tertiary/aromatic N) is 1. The number of fused-ring (bicyclic) bond motifs is 2. The average Bonchev–Trinajstić information content (AvgIpc) is 3.25. The fourth-order valence-electron chi connectivity index (χ4n) is 5.52. The molecular formula is C35H35ClN2O5. The van der Waals surface area contributed by atoms with Gasteiger partial charge in [0.25, 0.3) is 5.79 Å². The Labute approximate surface area is 257 Å². The second-order valence-electron chi connectivity index (χ2n) is 10.7. The highest BCUT2D eigenvalue weighted by molar-refractivity contribution is 6.30. The number of carbonyl (C=O) groups excluding carboxylic acids is 3. The number of anilines is 2. The molecule has 0 saturated heterocycles. The highest BCUT2D eigenvalue weighted by Gasteiger charge is 2.43. The maximum absolute atomic E-state index is 12.8. The molecule has 1 N–H and O–H groups in total. The van der Waals surface area contributed by atoms with Crippen molar-refractivity contribution in [1.29, 1.82) is 0 Å². The predicted octanol–water partition coefficient (Wildman–Crippen LogP) is 6.36. The van der Waals surface area contributed by atoms with Gasteiger partial charge in [-0.1, -0.05) is 78.7 Å². The van der Waals surface area contributed by atoms with Gasteiger partial charge < -0.3 is 19.7 Å². The van der Waals surface area contributed by atoms with E-state index >= 15 is 0 Å². The van der Waals surface area contributed by atoms with Crippen LogP contribution in [0.25, 0.3) is 0 Å². The standard InChI is InChI=1S/C35H35ClN2O5/c36-29-18-17-27-16-15-26-10-5-6-14-31(26)38(32(27)24-29)23-8-2-7-21-37-22-9-13-30(39)25-35(28-11-3-1-4-12-28)42-33(40)19-20-34(41)43-35/h1,3-6,9-14,17-20,24,37H,2,7-8,15-16,21-23,25H2/b13-9+. The first-order valence-electron chi connectivity index (χ1n) is 14.7. The number of unbranched alkanes of at least 4 members (excludes halogenated alkanes) is 2. The molecule has 222 valence electrons. The zero-order valence-corrected chi connectivity index (χ0v) is 24.7. The minimum absolute atomic E-state index is 0.319. The molecule has 7 nitrogen and oxygen atoms in total. The fraction of sp³-hybridized carbons (Fsp3) is 0.286. The molecule has 0 saturated carbocycles. The Morgan fingerprint density at radius 3 is 2.33 bits per heavy atom. The SMILES string of the molecule is O=C(/C=C/CNCCCCCN1c2ccccc2CCc2ccc(Cl)cc21)CC1(c2ccccc2)OC(=O)C=CC(=O)O1. The Balaban J connectivity index is 1.08. The summed E-state index contributed by atoms with van der Waals surface area (Å²) in [6.45, 7) is 2.23. The average molecular weight is 599 g/mol. The number of benzene rings is 3. The number of nitrogens with one attached hydrogen (secondary N) is 1. The van der Waals surface area contributed by atoms with Crippen LogP contribution in [-0.4, -0.2) is 37.4 Å². The number of ether oxygens (including phenoxy) is 2. The number of rotatable bonds is 12. The van der Waals surface area contributed by atoms with Crippen LogP contribution in [-0.2, 0) is 42.5 Å². The maximum Gasteiger partial charge on any atom is 0.334 e. The van der Waals surface area contributed by atoms with E-state index in [1.54, 1.807) is 36.4 Å².